The van der Waals surface area contributed by atoms with Crippen molar-refractivity contribution < 1.29 is 19.0 Å². The van der Waals surface area contributed by atoms with E-state index in [4.69, 9.17) is 14.2 Å². The van der Waals surface area contributed by atoms with Gasteiger partial charge in [-0.3, -0.25) is 9.48 Å². The SMILES string of the molecule is COc1nccc(OC2CCN(C(=O)c3cc(-c4ccccc4OC)nn3C)CC2)n1. The lowest BCUT2D eigenvalue weighted by Crippen LogP contribution is -2.42. The number of para-hydroxylation sites is 1. The number of methoxy groups -OCH3 is 2. The maximum atomic E-state index is 13.1. The van der Waals surface area contributed by atoms with Gasteiger partial charge in [-0.2, -0.15) is 10.1 Å². The first-order valence-corrected chi connectivity index (χ1v) is 10.1. The summed E-state index contributed by atoms with van der Waals surface area (Å²) in [5.41, 5.74) is 2.10. The predicted octanol–water partition coefficient (Wildman–Crippen LogP) is 2.58. The number of benzene rings is 1. The van der Waals surface area contributed by atoms with Crippen LogP contribution in [0.15, 0.2) is 42.6 Å². The van der Waals surface area contributed by atoms with Crippen LogP contribution in [0.4, 0.5) is 0 Å². The molecule has 0 atom stereocenters. The highest BCUT2D eigenvalue weighted by atomic mass is 16.5. The van der Waals surface area contributed by atoms with Crippen LogP contribution in [0.25, 0.3) is 11.3 Å². The van der Waals surface area contributed by atoms with Gasteiger partial charge < -0.3 is 19.1 Å². The zero-order valence-corrected chi connectivity index (χ0v) is 17.8. The maximum absolute atomic E-state index is 13.1. The molecule has 3 heterocycles. The molecule has 9 heteroatoms. The van der Waals surface area contributed by atoms with Gasteiger partial charge in [0.05, 0.1) is 19.9 Å². The molecule has 9 nitrogen and oxygen atoms in total. The van der Waals surface area contributed by atoms with Gasteiger partial charge in [0, 0.05) is 50.8 Å². The highest BCUT2D eigenvalue weighted by Gasteiger charge is 2.27. The number of likely N-dealkylation sites (tertiary alicyclic amines) is 1. The first-order chi connectivity index (χ1) is 15.1. The number of aromatic nitrogens is 4. The standard InChI is InChI=1S/C22H25N5O4/c1-26-18(14-17(25-26)16-6-4-5-7-19(16)29-2)21(28)27-12-9-15(10-13-27)31-20-8-11-23-22(24-20)30-3/h4-8,11,14-15H,9-10,12-13H2,1-3H3. The lowest BCUT2D eigenvalue weighted by Gasteiger charge is -2.31. The van der Waals surface area contributed by atoms with Gasteiger partial charge >= 0.3 is 6.01 Å². The molecule has 0 aliphatic carbocycles. The number of hydrogen-bond acceptors (Lipinski definition) is 7. The Morgan fingerprint density at radius 3 is 2.61 bits per heavy atom. The van der Waals surface area contributed by atoms with Gasteiger partial charge in [0.15, 0.2) is 0 Å². The molecular weight excluding hydrogens is 398 g/mol. The first kappa shape index (κ1) is 20.6. The smallest absolute Gasteiger partial charge is 0.319 e. The van der Waals surface area contributed by atoms with E-state index < -0.39 is 0 Å². The van der Waals surface area contributed by atoms with E-state index in [0.29, 0.717) is 30.4 Å². The largest absolute Gasteiger partial charge is 0.496 e. The number of rotatable bonds is 6. The Balaban J connectivity index is 1.41. The quantitative estimate of drug-likeness (QED) is 0.602. The molecular formula is C22H25N5O4. The molecule has 1 saturated heterocycles. The van der Waals surface area contributed by atoms with Crippen molar-refractivity contribution in [1.82, 2.24) is 24.6 Å². The van der Waals surface area contributed by atoms with Gasteiger partial charge in [0.25, 0.3) is 5.91 Å². The molecule has 0 radical (unpaired) electrons. The van der Waals surface area contributed by atoms with E-state index >= 15 is 0 Å². The topological polar surface area (TPSA) is 91.6 Å². The van der Waals surface area contributed by atoms with Crippen molar-refractivity contribution in [3.8, 4) is 28.9 Å². The highest BCUT2D eigenvalue weighted by molar-refractivity contribution is 5.94. The summed E-state index contributed by atoms with van der Waals surface area (Å²) < 4.78 is 18.0. The average Bonchev–Trinajstić information content (AvgIpc) is 3.20. The minimum Gasteiger partial charge on any atom is -0.496 e. The average molecular weight is 423 g/mol. The molecule has 0 N–H and O–H groups in total. The zero-order valence-electron chi connectivity index (χ0n) is 17.8. The van der Waals surface area contributed by atoms with Gasteiger partial charge in [-0.05, 0) is 18.2 Å². The highest BCUT2D eigenvalue weighted by Crippen LogP contribution is 2.29. The second-order valence-corrected chi connectivity index (χ2v) is 7.23. The Morgan fingerprint density at radius 2 is 1.87 bits per heavy atom. The third-order valence-corrected chi connectivity index (χ3v) is 5.29. The summed E-state index contributed by atoms with van der Waals surface area (Å²) in [6.07, 6.45) is 3.02. The number of carbonyl (C=O) groups excluding carboxylic acids is 1. The van der Waals surface area contributed by atoms with Crippen LogP contribution in [0, 0.1) is 0 Å². The van der Waals surface area contributed by atoms with Crippen molar-refractivity contribution in [1.29, 1.82) is 0 Å². The van der Waals surface area contributed by atoms with E-state index in [1.165, 1.54) is 7.11 Å². The number of nitrogens with zero attached hydrogens (tertiary/aromatic N) is 5. The van der Waals surface area contributed by atoms with Crippen molar-refractivity contribution in [2.24, 2.45) is 7.05 Å². The van der Waals surface area contributed by atoms with Gasteiger partial charge in [-0.15, -0.1) is 0 Å². The lowest BCUT2D eigenvalue weighted by molar-refractivity contribution is 0.0577. The Hall–Kier alpha value is -3.62. The van der Waals surface area contributed by atoms with Crippen LogP contribution in [0.3, 0.4) is 0 Å². The van der Waals surface area contributed by atoms with Crippen LogP contribution in [0.1, 0.15) is 23.3 Å². The maximum Gasteiger partial charge on any atom is 0.319 e. The van der Waals surface area contributed by atoms with E-state index in [1.54, 1.807) is 31.1 Å². The van der Waals surface area contributed by atoms with Crippen LogP contribution in [0.2, 0.25) is 0 Å². The van der Waals surface area contributed by atoms with Crippen molar-refractivity contribution >= 4 is 5.91 Å². The van der Waals surface area contributed by atoms with Gasteiger partial charge in [0.1, 0.15) is 17.5 Å². The first-order valence-electron chi connectivity index (χ1n) is 10.1. The number of ether oxygens (including phenoxy) is 3. The molecule has 3 aromatic rings. The third-order valence-electron chi connectivity index (χ3n) is 5.29. The Bertz CT molecular complexity index is 1060. The number of carbonyl (C=O) groups is 1. The summed E-state index contributed by atoms with van der Waals surface area (Å²) in [7, 11) is 4.92. The lowest BCUT2D eigenvalue weighted by atomic mass is 10.1. The van der Waals surface area contributed by atoms with Crippen molar-refractivity contribution in [3.63, 3.8) is 0 Å². The Kier molecular flexibility index (Phi) is 6.01. The van der Waals surface area contributed by atoms with Crippen molar-refractivity contribution in [2.75, 3.05) is 27.3 Å². The Morgan fingerprint density at radius 1 is 1.10 bits per heavy atom. The number of hydrogen-bond donors (Lipinski definition) is 0. The van der Waals surface area contributed by atoms with Crippen LogP contribution < -0.4 is 14.2 Å². The molecule has 1 aliphatic rings. The summed E-state index contributed by atoms with van der Waals surface area (Å²) >= 11 is 0. The van der Waals surface area contributed by atoms with E-state index in [1.807, 2.05) is 35.2 Å². The normalized spacial score (nSPS) is 14.4. The Labute approximate surface area is 180 Å². The molecule has 162 valence electrons. The molecule has 31 heavy (non-hydrogen) atoms. The summed E-state index contributed by atoms with van der Waals surface area (Å²) in [6.45, 7) is 1.20. The molecule has 4 rings (SSSR count). The van der Waals surface area contributed by atoms with Crippen LogP contribution in [-0.4, -0.2) is 64.0 Å². The molecule has 1 fully saturated rings. The minimum absolute atomic E-state index is 0.0145. The van der Waals surface area contributed by atoms with Crippen LogP contribution in [-0.2, 0) is 7.05 Å². The molecule has 1 aliphatic heterocycles. The number of amides is 1. The number of piperidine rings is 1. The summed E-state index contributed by atoms with van der Waals surface area (Å²) in [4.78, 5) is 23.1. The van der Waals surface area contributed by atoms with Gasteiger partial charge in [0.2, 0.25) is 5.88 Å². The monoisotopic (exact) mass is 423 g/mol. The molecule has 0 bridgehead atoms. The van der Waals surface area contributed by atoms with Gasteiger partial charge in [-0.1, -0.05) is 12.1 Å². The summed E-state index contributed by atoms with van der Waals surface area (Å²) in [5, 5.41) is 4.53. The summed E-state index contributed by atoms with van der Waals surface area (Å²) in [6, 6.07) is 11.4. The van der Waals surface area contributed by atoms with Crippen molar-refractivity contribution in [3.05, 3.63) is 48.3 Å². The van der Waals surface area contributed by atoms with E-state index in [-0.39, 0.29) is 18.0 Å². The van der Waals surface area contributed by atoms with Crippen LogP contribution >= 0.6 is 0 Å². The second kappa shape index (κ2) is 9.03. The molecule has 1 amide bonds. The van der Waals surface area contributed by atoms with E-state index in [2.05, 4.69) is 15.1 Å². The molecule has 0 saturated carbocycles. The fourth-order valence-corrected chi connectivity index (χ4v) is 3.65. The number of aryl methyl sites for hydroxylation is 1. The fourth-order valence-electron chi connectivity index (χ4n) is 3.65. The predicted molar refractivity (Wildman–Crippen MR) is 113 cm³/mol. The zero-order chi connectivity index (χ0) is 21.8. The minimum atomic E-state index is -0.0432. The van der Waals surface area contributed by atoms with E-state index in [9.17, 15) is 4.79 Å². The molecule has 0 spiro atoms. The molecule has 2 aromatic heterocycles. The van der Waals surface area contributed by atoms with Gasteiger partial charge in [-0.25, -0.2) is 4.98 Å². The van der Waals surface area contributed by atoms with Crippen molar-refractivity contribution in [2.45, 2.75) is 18.9 Å². The fraction of sp³-hybridized carbons (Fsp3) is 0.364. The summed E-state index contributed by atoms with van der Waals surface area (Å²) in [5.74, 6) is 1.15. The third kappa shape index (κ3) is 4.45. The van der Waals surface area contributed by atoms with Crippen LogP contribution in [0.5, 0.6) is 17.6 Å². The second-order valence-electron chi connectivity index (χ2n) is 7.23. The molecule has 1 aromatic carbocycles. The molecule has 0 unspecified atom stereocenters. The van der Waals surface area contributed by atoms with E-state index in [0.717, 1.165) is 24.2 Å².